The van der Waals surface area contributed by atoms with Gasteiger partial charge in [0, 0.05) is 28.7 Å². The van der Waals surface area contributed by atoms with Crippen molar-refractivity contribution in [1.29, 1.82) is 0 Å². The molecule has 3 rings (SSSR count). The number of hydrogen-bond acceptors (Lipinski definition) is 2. The van der Waals surface area contributed by atoms with Gasteiger partial charge in [-0.3, -0.25) is 4.79 Å². The van der Waals surface area contributed by atoms with Crippen molar-refractivity contribution in [3.8, 4) is 5.75 Å². The standard InChI is InChI=1S/C17H14ClNO2/c1-21-15-4-2-3-12(7-15)9-19-10-13(11-20)16-6-5-14(18)8-17(16)19/h2-8,10-11H,9H2,1H3. The lowest BCUT2D eigenvalue weighted by Crippen LogP contribution is -1.98. The zero-order valence-electron chi connectivity index (χ0n) is 11.5. The van der Waals surface area contributed by atoms with Crippen LogP contribution in [0.25, 0.3) is 10.9 Å². The van der Waals surface area contributed by atoms with Crippen molar-refractivity contribution in [1.82, 2.24) is 4.57 Å². The van der Waals surface area contributed by atoms with Crippen LogP contribution in [0.3, 0.4) is 0 Å². The number of hydrogen-bond donors (Lipinski definition) is 0. The van der Waals surface area contributed by atoms with E-state index >= 15 is 0 Å². The number of fused-ring (bicyclic) bond motifs is 1. The molecule has 0 saturated carbocycles. The van der Waals surface area contributed by atoms with Crippen LogP contribution < -0.4 is 4.74 Å². The van der Waals surface area contributed by atoms with Gasteiger partial charge in [0.25, 0.3) is 0 Å². The summed E-state index contributed by atoms with van der Waals surface area (Å²) in [4.78, 5) is 11.2. The highest BCUT2D eigenvalue weighted by atomic mass is 35.5. The molecule has 2 aromatic carbocycles. The van der Waals surface area contributed by atoms with E-state index in [0.29, 0.717) is 17.1 Å². The van der Waals surface area contributed by atoms with E-state index in [1.807, 2.05) is 47.2 Å². The molecule has 0 fully saturated rings. The molecule has 0 aliphatic carbocycles. The summed E-state index contributed by atoms with van der Waals surface area (Å²) in [6, 6.07) is 13.4. The number of carbonyl (C=O) groups is 1. The molecule has 0 aliphatic heterocycles. The molecule has 4 heteroatoms. The highest BCUT2D eigenvalue weighted by Gasteiger charge is 2.09. The molecule has 0 radical (unpaired) electrons. The fourth-order valence-electron chi connectivity index (χ4n) is 2.49. The van der Waals surface area contributed by atoms with E-state index in [4.69, 9.17) is 16.3 Å². The van der Waals surface area contributed by atoms with Crippen LogP contribution in [0, 0.1) is 0 Å². The smallest absolute Gasteiger partial charge is 0.152 e. The molecule has 0 unspecified atom stereocenters. The lowest BCUT2D eigenvalue weighted by molar-refractivity contribution is 0.112. The van der Waals surface area contributed by atoms with Gasteiger partial charge in [0.05, 0.1) is 12.6 Å². The Morgan fingerprint density at radius 3 is 2.86 bits per heavy atom. The second-order valence-electron chi connectivity index (χ2n) is 4.84. The zero-order chi connectivity index (χ0) is 14.8. The van der Waals surface area contributed by atoms with Crippen molar-refractivity contribution in [2.75, 3.05) is 7.11 Å². The minimum absolute atomic E-state index is 0.655. The van der Waals surface area contributed by atoms with Crippen LogP contribution >= 0.6 is 11.6 Å². The summed E-state index contributed by atoms with van der Waals surface area (Å²) in [6.45, 7) is 0.655. The van der Waals surface area contributed by atoms with Crippen molar-refractivity contribution in [2.24, 2.45) is 0 Å². The molecule has 1 heterocycles. The number of aromatic nitrogens is 1. The Morgan fingerprint density at radius 1 is 1.24 bits per heavy atom. The van der Waals surface area contributed by atoms with Crippen molar-refractivity contribution in [3.05, 3.63) is 64.8 Å². The molecular formula is C17H14ClNO2. The first-order valence-corrected chi connectivity index (χ1v) is 6.95. The zero-order valence-corrected chi connectivity index (χ0v) is 12.3. The average Bonchev–Trinajstić information content (AvgIpc) is 2.84. The first-order valence-electron chi connectivity index (χ1n) is 6.58. The van der Waals surface area contributed by atoms with Crippen LogP contribution in [0.15, 0.2) is 48.7 Å². The Kier molecular flexibility index (Phi) is 3.67. The highest BCUT2D eigenvalue weighted by Crippen LogP contribution is 2.25. The summed E-state index contributed by atoms with van der Waals surface area (Å²) >= 11 is 6.07. The Morgan fingerprint density at radius 2 is 2.10 bits per heavy atom. The Labute approximate surface area is 127 Å². The van der Waals surface area contributed by atoms with Crippen LogP contribution in [0.2, 0.25) is 5.02 Å². The van der Waals surface area contributed by atoms with Crippen molar-refractivity contribution in [3.63, 3.8) is 0 Å². The first kappa shape index (κ1) is 13.7. The molecule has 0 atom stereocenters. The molecule has 1 aromatic heterocycles. The normalized spacial score (nSPS) is 10.8. The molecule has 0 N–H and O–H groups in total. The van der Waals surface area contributed by atoms with E-state index < -0.39 is 0 Å². The number of halogens is 1. The van der Waals surface area contributed by atoms with Crippen molar-refractivity contribution in [2.45, 2.75) is 6.54 Å². The lowest BCUT2D eigenvalue weighted by Gasteiger charge is -2.07. The molecule has 0 saturated heterocycles. The molecule has 3 aromatic rings. The third-order valence-corrected chi connectivity index (χ3v) is 3.72. The Balaban J connectivity index is 2.07. The van der Waals surface area contributed by atoms with Crippen molar-refractivity contribution < 1.29 is 9.53 Å². The summed E-state index contributed by atoms with van der Waals surface area (Å²) in [7, 11) is 1.65. The summed E-state index contributed by atoms with van der Waals surface area (Å²) in [5.41, 5.74) is 2.72. The van der Waals surface area contributed by atoms with E-state index in [1.54, 1.807) is 13.2 Å². The SMILES string of the molecule is COc1cccc(Cn2cc(C=O)c3ccc(Cl)cc32)c1. The molecule has 0 amide bonds. The monoisotopic (exact) mass is 299 g/mol. The summed E-state index contributed by atoms with van der Waals surface area (Å²) in [5.74, 6) is 0.817. The molecule has 0 bridgehead atoms. The van der Waals surface area contributed by atoms with E-state index in [0.717, 1.165) is 28.5 Å². The van der Waals surface area contributed by atoms with Gasteiger partial charge in [0.2, 0.25) is 0 Å². The van der Waals surface area contributed by atoms with Crippen LogP contribution in [-0.4, -0.2) is 18.0 Å². The molecule has 3 nitrogen and oxygen atoms in total. The number of nitrogens with zero attached hydrogens (tertiary/aromatic N) is 1. The van der Waals surface area contributed by atoms with E-state index in [-0.39, 0.29) is 0 Å². The van der Waals surface area contributed by atoms with Gasteiger partial charge in [0.15, 0.2) is 6.29 Å². The summed E-state index contributed by atoms with van der Waals surface area (Å²) < 4.78 is 7.27. The van der Waals surface area contributed by atoms with E-state index in [9.17, 15) is 4.79 Å². The van der Waals surface area contributed by atoms with Crippen LogP contribution in [0.4, 0.5) is 0 Å². The first-order chi connectivity index (χ1) is 10.2. The van der Waals surface area contributed by atoms with Gasteiger partial charge in [-0.05, 0) is 29.8 Å². The summed E-state index contributed by atoms with van der Waals surface area (Å²) in [5, 5.41) is 1.57. The maximum absolute atomic E-state index is 11.2. The number of carbonyl (C=O) groups excluding carboxylic acids is 1. The van der Waals surface area contributed by atoms with Gasteiger partial charge in [0.1, 0.15) is 5.75 Å². The van der Waals surface area contributed by atoms with Gasteiger partial charge in [-0.15, -0.1) is 0 Å². The summed E-state index contributed by atoms with van der Waals surface area (Å²) in [6.07, 6.45) is 2.73. The average molecular weight is 300 g/mol. The van der Waals surface area contributed by atoms with Crippen LogP contribution in [-0.2, 0) is 6.54 Å². The number of methoxy groups -OCH3 is 1. The molecule has 106 valence electrons. The number of aldehydes is 1. The second-order valence-corrected chi connectivity index (χ2v) is 5.28. The molecule has 0 spiro atoms. The number of ether oxygens (including phenoxy) is 1. The second kappa shape index (κ2) is 5.62. The fraction of sp³-hybridized carbons (Fsp3) is 0.118. The maximum atomic E-state index is 11.2. The predicted octanol–water partition coefficient (Wildman–Crippen LogP) is 4.16. The van der Waals surface area contributed by atoms with Gasteiger partial charge >= 0.3 is 0 Å². The van der Waals surface area contributed by atoms with Gasteiger partial charge < -0.3 is 9.30 Å². The predicted molar refractivity (Wildman–Crippen MR) is 84.4 cm³/mol. The topological polar surface area (TPSA) is 31.2 Å². The molecule has 0 aliphatic rings. The van der Waals surface area contributed by atoms with E-state index in [2.05, 4.69) is 0 Å². The Bertz CT molecular complexity index is 808. The third-order valence-electron chi connectivity index (χ3n) is 3.49. The quantitative estimate of drug-likeness (QED) is 0.677. The van der Waals surface area contributed by atoms with Crippen LogP contribution in [0.5, 0.6) is 5.75 Å². The van der Waals surface area contributed by atoms with Gasteiger partial charge in [-0.2, -0.15) is 0 Å². The highest BCUT2D eigenvalue weighted by molar-refractivity contribution is 6.31. The Hall–Kier alpha value is -2.26. The van der Waals surface area contributed by atoms with E-state index in [1.165, 1.54) is 0 Å². The third kappa shape index (κ3) is 2.65. The largest absolute Gasteiger partial charge is 0.497 e. The fourth-order valence-corrected chi connectivity index (χ4v) is 2.65. The number of benzene rings is 2. The minimum Gasteiger partial charge on any atom is -0.497 e. The number of rotatable bonds is 4. The van der Waals surface area contributed by atoms with Crippen LogP contribution in [0.1, 0.15) is 15.9 Å². The molecular weight excluding hydrogens is 286 g/mol. The maximum Gasteiger partial charge on any atom is 0.152 e. The van der Waals surface area contributed by atoms with Crippen molar-refractivity contribution >= 4 is 28.8 Å². The van der Waals surface area contributed by atoms with Gasteiger partial charge in [-0.1, -0.05) is 29.8 Å². The molecule has 21 heavy (non-hydrogen) atoms. The van der Waals surface area contributed by atoms with Gasteiger partial charge in [-0.25, -0.2) is 0 Å². The lowest BCUT2D eigenvalue weighted by atomic mass is 10.2. The minimum atomic E-state index is 0.655.